The number of hydrogen-bond acceptors (Lipinski definition) is 16. The molecule has 0 amide bonds. The molecule has 4 aliphatic heterocycles. The van der Waals surface area contributed by atoms with Gasteiger partial charge < -0.3 is 53.8 Å². The summed E-state index contributed by atoms with van der Waals surface area (Å²) in [6.07, 6.45) is -2.12. The first-order valence-electron chi connectivity index (χ1n) is 23.2. The maximum atomic E-state index is 11.9. The smallest absolute Gasteiger partial charge is 0.240 e. The summed E-state index contributed by atoms with van der Waals surface area (Å²) in [5.74, 6) is -1.19. The van der Waals surface area contributed by atoms with Crippen LogP contribution in [0.3, 0.4) is 0 Å². The summed E-state index contributed by atoms with van der Waals surface area (Å²) in [6, 6.07) is 28.8. The number of rotatable bonds is 10. The third kappa shape index (κ3) is 9.54. The highest BCUT2D eigenvalue weighted by Gasteiger charge is 2.65. The van der Waals surface area contributed by atoms with Crippen LogP contribution in [-0.2, 0) is 48.7 Å². The van der Waals surface area contributed by atoms with Crippen LogP contribution >= 0.6 is 0 Å². The van der Waals surface area contributed by atoms with E-state index in [1.54, 1.807) is 28.8 Å². The molecule has 0 aliphatic carbocycles. The van der Waals surface area contributed by atoms with Gasteiger partial charge in [0, 0.05) is 11.1 Å². The minimum atomic E-state index is -2.07. The zero-order valence-electron chi connectivity index (χ0n) is 40.8. The molecule has 4 saturated heterocycles. The topological polar surface area (TPSA) is 230 Å². The van der Waals surface area contributed by atoms with Crippen LogP contribution < -0.4 is 11.5 Å². The number of nitrogens with zero attached hydrogens (tertiary/aromatic N) is 7. The zero-order chi connectivity index (χ0) is 49.3. The van der Waals surface area contributed by atoms with Crippen LogP contribution in [0, 0.1) is 11.3 Å². The van der Waals surface area contributed by atoms with Gasteiger partial charge in [0.2, 0.25) is 11.4 Å². The van der Waals surface area contributed by atoms with Crippen LogP contribution in [0.25, 0.3) is 11.0 Å². The number of benzene rings is 2. The first-order chi connectivity index (χ1) is 32.6. The Morgan fingerprint density at radius 3 is 1.52 bits per heavy atom. The molecule has 4 aliphatic rings. The number of aliphatic hydroxyl groups is 1. The van der Waals surface area contributed by atoms with E-state index in [2.05, 4.69) is 94.0 Å². The monoisotopic (exact) mass is 1010 g/mol. The molecule has 71 heavy (non-hydrogen) atoms. The maximum absolute atomic E-state index is 11.9. The fourth-order valence-electron chi connectivity index (χ4n) is 8.68. The molecule has 10 rings (SSSR count). The fraction of sp³-hybridized carbons (Fsp3) is 0.510. The number of nitriles is 1. The molecular formula is C51H71N9O9Si2. The molecule has 0 bridgehead atoms. The first kappa shape index (κ1) is 53.6. The molecule has 0 radical (unpaired) electrons. The average Bonchev–Trinajstić information content (AvgIpc) is 4.17. The highest BCUT2D eigenvalue weighted by molar-refractivity contribution is 6.74. The van der Waals surface area contributed by atoms with Crippen LogP contribution in [0.2, 0.25) is 36.3 Å². The van der Waals surface area contributed by atoms with Crippen molar-refractivity contribution in [2.24, 2.45) is 0 Å². The largest absolute Gasteiger partial charge is 0.414 e. The van der Waals surface area contributed by atoms with Crippen LogP contribution in [0.1, 0.15) is 91.5 Å². The Kier molecular flexibility index (Phi) is 14.9. The molecule has 20 heteroatoms. The van der Waals surface area contributed by atoms with E-state index in [1.165, 1.54) is 17.2 Å². The van der Waals surface area contributed by atoms with Crippen LogP contribution in [-0.4, -0.2) is 101 Å². The van der Waals surface area contributed by atoms with Crippen molar-refractivity contribution < 1.29 is 42.4 Å². The summed E-state index contributed by atoms with van der Waals surface area (Å²) in [5.41, 5.74) is 14.4. The molecule has 18 nitrogen and oxygen atoms in total. The molecule has 4 fully saturated rings. The lowest BCUT2D eigenvalue weighted by Crippen LogP contribution is -2.44. The summed E-state index contributed by atoms with van der Waals surface area (Å²) in [7, 11) is -4.13. The molecule has 382 valence electrons. The van der Waals surface area contributed by atoms with Crippen LogP contribution in [0.15, 0.2) is 97.6 Å². The molecule has 4 aromatic heterocycles. The van der Waals surface area contributed by atoms with Crippen molar-refractivity contribution in [3.63, 3.8) is 0 Å². The number of fused-ring (bicyclic) bond motifs is 4. The van der Waals surface area contributed by atoms with Crippen LogP contribution in [0.4, 0.5) is 11.6 Å². The molecule has 10 atom stereocenters. The first-order valence-corrected chi connectivity index (χ1v) is 29.1. The standard InChI is InChI=1S/C25H31N5O4Si.C24H32N4O5Si.2CH4/c1-24(2,3)35(4,5)31-13-18-20-21(33-23(32-20)16-9-7-6-8-10-16)25(14-26,34-18)19-12-11-17-22(27)28-15-29-30(17)19;1-23(2,3)34(4,5)30-13-17-19-20(32-22(31-19)15-9-7-6-8-10-15)24(29,33-17)18-12-11-16-21(25)26-14-27-28(16)18;;/h6-12,15,18,20-21,23H,13H2,1-5H3,(H2,27,28,29);6-12,14,17,19-20,22,29H,13H2,1-5H3,(H2,25,26,27);2*1H4/t18-,20-,21-,23?,25?;17-,19-,20-,22?,24?;;/m11../s1. The van der Waals surface area contributed by atoms with E-state index in [4.69, 9.17) is 48.7 Å². The summed E-state index contributed by atoms with van der Waals surface area (Å²) in [6.45, 7) is 22.5. The van der Waals surface area contributed by atoms with Gasteiger partial charge in [0.25, 0.3) is 0 Å². The van der Waals surface area contributed by atoms with Crippen molar-refractivity contribution in [3.8, 4) is 6.07 Å². The zero-order valence-corrected chi connectivity index (χ0v) is 42.8. The minimum Gasteiger partial charge on any atom is -0.414 e. The Labute approximate surface area is 418 Å². The van der Waals surface area contributed by atoms with Crippen molar-refractivity contribution in [3.05, 3.63) is 120 Å². The second-order valence-corrected chi connectivity index (χ2v) is 30.7. The molecule has 0 saturated carbocycles. The Hall–Kier alpha value is -5.16. The van der Waals surface area contributed by atoms with Crippen LogP contribution in [0.5, 0.6) is 0 Å². The molecule has 8 heterocycles. The number of aromatic nitrogens is 6. The minimum absolute atomic E-state index is 0. The van der Waals surface area contributed by atoms with E-state index in [-0.39, 0.29) is 31.5 Å². The Morgan fingerprint density at radius 2 is 1.06 bits per heavy atom. The van der Waals surface area contributed by atoms with Gasteiger partial charge in [0.1, 0.15) is 72.1 Å². The fourth-order valence-corrected chi connectivity index (χ4v) is 10.7. The Morgan fingerprint density at radius 1 is 0.634 bits per heavy atom. The number of hydrogen-bond donors (Lipinski definition) is 3. The molecule has 5 N–H and O–H groups in total. The molecule has 6 aromatic rings. The van der Waals surface area contributed by atoms with Crippen molar-refractivity contribution in [2.45, 2.75) is 153 Å². The predicted molar refractivity (Wildman–Crippen MR) is 273 cm³/mol. The molecule has 4 unspecified atom stereocenters. The van der Waals surface area contributed by atoms with Crippen molar-refractivity contribution >= 4 is 39.3 Å². The van der Waals surface area contributed by atoms with E-state index >= 15 is 0 Å². The van der Waals surface area contributed by atoms with E-state index < -0.39 is 77.2 Å². The van der Waals surface area contributed by atoms with Crippen molar-refractivity contribution in [1.29, 1.82) is 5.26 Å². The summed E-state index contributed by atoms with van der Waals surface area (Å²) in [4.78, 5) is 8.09. The molecular weight excluding hydrogens is 939 g/mol. The highest BCUT2D eigenvalue weighted by atomic mass is 28.4. The summed E-state index contributed by atoms with van der Waals surface area (Å²) < 4.78 is 54.3. The number of nitrogen functional groups attached to an aromatic ring is 2. The van der Waals surface area contributed by atoms with Gasteiger partial charge in [-0.05, 0) is 60.5 Å². The van der Waals surface area contributed by atoms with Gasteiger partial charge in [-0.3, -0.25) is 0 Å². The van der Waals surface area contributed by atoms with Gasteiger partial charge in [0.15, 0.2) is 40.9 Å². The molecule has 2 aromatic carbocycles. The van der Waals surface area contributed by atoms with Crippen molar-refractivity contribution in [2.75, 3.05) is 24.7 Å². The number of anilines is 2. The number of ether oxygens (including phenoxy) is 6. The van der Waals surface area contributed by atoms with Gasteiger partial charge >= 0.3 is 0 Å². The van der Waals surface area contributed by atoms with E-state index in [1.807, 2.05) is 60.7 Å². The van der Waals surface area contributed by atoms with Gasteiger partial charge in [-0.25, -0.2) is 19.0 Å². The Bertz CT molecular complexity index is 2830. The summed E-state index contributed by atoms with van der Waals surface area (Å²) >= 11 is 0. The normalized spacial score (nSPS) is 28.4. The highest BCUT2D eigenvalue weighted by Crippen LogP contribution is 2.52. The maximum Gasteiger partial charge on any atom is 0.240 e. The lowest BCUT2D eigenvalue weighted by atomic mass is 9.92. The SMILES string of the molecule is C.C.CC(C)(C)[Si](C)(C)OC[C@H]1OC(C#N)(c2ccc3c(N)ncnn23)[C@@H]2OC(c3ccccc3)O[C@@H]21.CC(C)(C)[Si](C)(C)OC[C@H]1OC(O)(c2ccc3c(N)ncnn23)[C@@H]2OC(c3ccccc3)O[C@@H]21. The average molecular weight is 1010 g/mol. The lowest BCUT2D eigenvalue weighted by molar-refractivity contribution is -0.269. The van der Waals surface area contributed by atoms with Gasteiger partial charge in [-0.1, -0.05) is 117 Å². The predicted octanol–water partition coefficient (Wildman–Crippen LogP) is 8.57. The number of nitrogens with two attached hydrogens (primary N) is 2. The second-order valence-electron chi connectivity index (χ2n) is 21.1. The quantitative estimate of drug-likeness (QED) is 0.109. The summed E-state index contributed by atoms with van der Waals surface area (Å²) in [5, 5.41) is 31.2. The second kappa shape index (κ2) is 19.7. The van der Waals surface area contributed by atoms with E-state index in [0.29, 0.717) is 40.7 Å². The third-order valence-corrected chi connectivity index (χ3v) is 23.7. The van der Waals surface area contributed by atoms with Gasteiger partial charge in [0.05, 0.1) is 18.9 Å². The van der Waals surface area contributed by atoms with E-state index in [0.717, 1.165) is 11.1 Å². The lowest BCUT2D eigenvalue weighted by Gasteiger charge is -2.37. The van der Waals surface area contributed by atoms with Crippen molar-refractivity contribution in [1.82, 2.24) is 29.2 Å². The molecule has 0 spiro atoms. The van der Waals surface area contributed by atoms with Gasteiger partial charge in [-0.2, -0.15) is 15.5 Å². The third-order valence-electron chi connectivity index (χ3n) is 14.7. The Balaban J connectivity index is 0.000000203. The van der Waals surface area contributed by atoms with Gasteiger partial charge in [-0.15, -0.1) is 0 Å². The van der Waals surface area contributed by atoms with E-state index in [9.17, 15) is 10.4 Å².